The normalized spacial score (nSPS) is 10.7. The number of benzene rings is 3. The van der Waals surface area contributed by atoms with E-state index >= 15 is 0 Å². The number of ether oxygens (including phenoxy) is 1. The van der Waals surface area contributed by atoms with Gasteiger partial charge in [0.25, 0.3) is 5.91 Å². The van der Waals surface area contributed by atoms with Crippen molar-refractivity contribution in [2.24, 2.45) is 0 Å². The number of amides is 1. The summed E-state index contributed by atoms with van der Waals surface area (Å²) in [7, 11) is 0. The molecule has 4 nitrogen and oxygen atoms in total. The van der Waals surface area contributed by atoms with E-state index in [1.807, 2.05) is 67.6 Å². The van der Waals surface area contributed by atoms with Crippen LogP contribution in [0.25, 0.3) is 10.9 Å². The molecule has 0 spiro atoms. The van der Waals surface area contributed by atoms with Crippen LogP contribution in [0.4, 0.5) is 5.69 Å². The molecular formula is C22H18N2O2. The van der Waals surface area contributed by atoms with Crippen LogP contribution in [0, 0.1) is 6.92 Å². The van der Waals surface area contributed by atoms with E-state index in [-0.39, 0.29) is 5.91 Å². The van der Waals surface area contributed by atoms with Crippen LogP contribution in [0.15, 0.2) is 78.9 Å². The first-order valence-electron chi connectivity index (χ1n) is 8.41. The number of aromatic amines is 1. The molecule has 2 N–H and O–H groups in total. The molecule has 0 radical (unpaired) electrons. The van der Waals surface area contributed by atoms with Gasteiger partial charge >= 0.3 is 0 Å². The fourth-order valence-corrected chi connectivity index (χ4v) is 2.88. The smallest absolute Gasteiger partial charge is 0.255 e. The van der Waals surface area contributed by atoms with Crippen molar-refractivity contribution in [1.29, 1.82) is 0 Å². The molecule has 26 heavy (non-hydrogen) atoms. The number of anilines is 1. The Kier molecular flexibility index (Phi) is 4.15. The van der Waals surface area contributed by atoms with E-state index in [1.54, 1.807) is 12.1 Å². The Morgan fingerprint density at radius 2 is 1.69 bits per heavy atom. The van der Waals surface area contributed by atoms with E-state index in [9.17, 15) is 4.79 Å². The SMILES string of the molecule is Cc1cc2cc(Oc3cccc(C(=O)Nc4ccccc4)c3)ccc2[nH]1. The fourth-order valence-electron chi connectivity index (χ4n) is 2.88. The Hall–Kier alpha value is -3.53. The molecule has 0 aliphatic heterocycles. The summed E-state index contributed by atoms with van der Waals surface area (Å²) in [6.07, 6.45) is 0. The molecule has 0 fully saturated rings. The van der Waals surface area contributed by atoms with Crippen LogP contribution >= 0.6 is 0 Å². The second-order valence-corrected chi connectivity index (χ2v) is 6.15. The molecule has 128 valence electrons. The van der Waals surface area contributed by atoms with Gasteiger partial charge in [-0.2, -0.15) is 0 Å². The number of carbonyl (C=O) groups excluding carboxylic acids is 1. The first-order chi connectivity index (χ1) is 12.7. The predicted molar refractivity (Wildman–Crippen MR) is 104 cm³/mol. The van der Waals surface area contributed by atoms with Crippen LogP contribution in [0.2, 0.25) is 0 Å². The average Bonchev–Trinajstić information content (AvgIpc) is 3.02. The lowest BCUT2D eigenvalue weighted by Crippen LogP contribution is -2.11. The lowest BCUT2D eigenvalue weighted by Gasteiger charge is -2.09. The highest BCUT2D eigenvalue weighted by Gasteiger charge is 2.08. The number of nitrogens with one attached hydrogen (secondary N) is 2. The summed E-state index contributed by atoms with van der Waals surface area (Å²) >= 11 is 0. The third-order valence-electron chi connectivity index (χ3n) is 4.09. The summed E-state index contributed by atoms with van der Waals surface area (Å²) in [6.45, 7) is 2.02. The number of aryl methyl sites for hydroxylation is 1. The van der Waals surface area contributed by atoms with Gasteiger partial charge in [-0.3, -0.25) is 4.79 Å². The number of para-hydroxylation sites is 1. The van der Waals surface area contributed by atoms with Crippen LogP contribution in [0.5, 0.6) is 11.5 Å². The third-order valence-corrected chi connectivity index (χ3v) is 4.09. The summed E-state index contributed by atoms with van der Waals surface area (Å²) in [5.41, 5.74) is 3.49. The van der Waals surface area contributed by atoms with Crippen LogP contribution in [-0.2, 0) is 0 Å². The number of carbonyl (C=O) groups is 1. The number of rotatable bonds is 4. The maximum atomic E-state index is 12.4. The Labute approximate surface area is 151 Å². The Bertz CT molecular complexity index is 1070. The molecule has 0 bridgehead atoms. The topological polar surface area (TPSA) is 54.1 Å². The standard InChI is InChI=1S/C22H18N2O2/c1-15-12-17-14-20(10-11-21(17)23-15)26-19-9-5-6-16(13-19)22(25)24-18-7-3-2-4-8-18/h2-14,23H,1H3,(H,24,25). The quantitative estimate of drug-likeness (QED) is 0.513. The van der Waals surface area contributed by atoms with Crippen LogP contribution in [0.1, 0.15) is 16.1 Å². The molecule has 0 unspecified atom stereocenters. The van der Waals surface area contributed by atoms with E-state index in [1.165, 1.54) is 0 Å². The fraction of sp³-hybridized carbons (Fsp3) is 0.0455. The van der Waals surface area contributed by atoms with Crippen LogP contribution in [-0.4, -0.2) is 10.9 Å². The minimum Gasteiger partial charge on any atom is -0.457 e. The Morgan fingerprint density at radius 3 is 2.54 bits per heavy atom. The summed E-state index contributed by atoms with van der Waals surface area (Å²) < 4.78 is 5.94. The van der Waals surface area contributed by atoms with E-state index < -0.39 is 0 Å². The molecule has 0 atom stereocenters. The minimum absolute atomic E-state index is 0.168. The zero-order chi connectivity index (χ0) is 17.9. The number of hydrogen-bond donors (Lipinski definition) is 2. The molecule has 1 heterocycles. The summed E-state index contributed by atoms with van der Waals surface area (Å²) in [4.78, 5) is 15.7. The monoisotopic (exact) mass is 342 g/mol. The molecular weight excluding hydrogens is 324 g/mol. The van der Waals surface area contributed by atoms with Gasteiger partial charge in [0.05, 0.1) is 0 Å². The van der Waals surface area contributed by atoms with Crippen LogP contribution < -0.4 is 10.1 Å². The molecule has 1 aromatic heterocycles. The van der Waals surface area contributed by atoms with Crippen molar-refractivity contribution in [2.45, 2.75) is 6.92 Å². The summed E-state index contributed by atoms with van der Waals surface area (Å²) in [5, 5.41) is 3.97. The highest BCUT2D eigenvalue weighted by atomic mass is 16.5. The second kappa shape index (κ2) is 6.76. The lowest BCUT2D eigenvalue weighted by atomic mass is 10.2. The van der Waals surface area contributed by atoms with Crippen molar-refractivity contribution in [3.8, 4) is 11.5 Å². The van der Waals surface area contributed by atoms with Crippen LogP contribution in [0.3, 0.4) is 0 Å². The van der Waals surface area contributed by atoms with Gasteiger partial charge in [-0.15, -0.1) is 0 Å². The highest BCUT2D eigenvalue weighted by Crippen LogP contribution is 2.26. The van der Waals surface area contributed by atoms with Gasteiger partial charge in [-0.25, -0.2) is 0 Å². The first kappa shape index (κ1) is 16.0. The second-order valence-electron chi connectivity index (χ2n) is 6.15. The van der Waals surface area contributed by atoms with Gasteiger partial charge in [0.2, 0.25) is 0 Å². The van der Waals surface area contributed by atoms with Gasteiger partial charge in [0.15, 0.2) is 0 Å². The first-order valence-corrected chi connectivity index (χ1v) is 8.41. The molecule has 0 saturated heterocycles. The molecule has 3 aromatic carbocycles. The third kappa shape index (κ3) is 3.44. The Balaban J connectivity index is 1.53. The predicted octanol–water partition coefficient (Wildman–Crippen LogP) is 5.52. The lowest BCUT2D eigenvalue weighted by molar-refractivity contribution is 0.102. The van der Waals surface area contributed by atoms with Gasteiger partial charge < -0.3 is 15.0 Å². The van der Waals surface area contributed by atoms with Crippen molar-refractivity contribution in [3.63, 3.8) is 0 Å². The van der Waals surface area contributed by atoms with Crippen molar-refractivity contribution >= 4 is 22.5 Å². The van der Waals surface area contributed by atoms with Crippen molar-refractivity contribution in [2.75, 3.05) is 5.32 Å². The van der Waals surface area contributed by atoms with Crippen molar-refractivity contribution < 1.29 is 9.53 Å². The average molecular weight is 342 g/mol. The summed E-state index contributed by atoms with van der Waals surface area (Å²) in [5.74, 6) is 1.19. The summed E-state index contributed by atoms with van der Waals surface area (Å²) in [6, 6.07) is 24.5. The molecule has 0 aliphatic carbocycles. The van der Waals surface area contributed by atoms with Crippen molar-refractivity contribution in [3.05, 3.63) is 90.1 Å². The van der Waals surface area contributed by atoms with E-state index in [0.29, 0.717) is 11.3 Å². The highest BCUT2D eigenvalue weighted by molar-refractivity contribution is 6.04. The van der Waals surface area contributed by atoms with Gasteiger partial charge in [-0.1, -0.05) is 24.3 Å². The van der Waals surface area contributed by atoms with Gasteiger partial charge in [0.1, 0.15) is 11.5 Å². The zero-order valence-electron chi connectivity index (χ0n) is 14.3. The molecule has 4 aromatic rings. The van der Waals surface area contributed by atoms with Crippen molar-refractivity contribution in [1.82, 2.24) is 4.98 Å². The van der Waals surface area contributed by atoms with E-state index in [0.717, 1.165) is 28.0 Å². The molecule has 0 aliphatic rings. The Morgan fingerprint density at radius 1 is 0.885 bits per heavy atom. The maximum Gasteiger partial charge on any atom is 0.255 e. The minimum atomic E-state index is -0.168. The number of aromatic nitrogens is 1. The molecule has 4 heteroatoms. The number of fused-ring (bicyclic) bond motifs is 1. The number of H-pyrrole nitrogens is 1. The molecule has 0 saturated carbocycles. The van der Waals surface area contributed by atoms with Gasteiger partial charge in [-0.05, 0) is 61.5 Å². The molecule has 4 rings (SSSR count). The molecule has 1 amide bonds. The largest absolute Gasteiger partial charge is 0.457 e. The van der Waals surface area contributed by atoms with Gasteiger partial charge in [0, 0.05) is 27.8 Å². The number of hydrogen-bond acceptors (Lipinski definition) is 2. The maximum absolute atomic E-state index is 12.4. The van der Waals surface area contributed by atoms with E-state index in [4.69, 9.17) is 4.74 Å². The van der Waals surface area contributed by atoms with E-state index in [2.05, 4.69) is 16.4 Å². The zero-order valence-corrected chi connectivity index (χ0v) is 14.3.